The van der Waals surface area contributed by atoms with Crippen molar-refractivity contribution in [1.82, 2.24) is 14.5 Å². The van der Waals surface area contributed by atoms with Crippen molar-refractivity contribution in [3.8, 4) is 28.5 Å². The molecule has 0 unspecified atom stereocenters. The number of hydrogen-bond donors (Lipinski definition) is 0. The van der Waals surface area contributed by atoms with Gasteiger partial charge in [-0.3, -0.25) is 4.57 Å². The molecule has 178 valence electrons. The summed E-state index contributed by atoms with van der Waals surface area (Å²) in [4.78, 5) is 10.3. The second-order valence-electron chi connectivity index (χ2n) is 9.49. The molecule has 0 aliphatic rings. The SMILES string of the molecule is c1ccc(-c2cc(-c3ccccc3)nc(-n3c4ccccc4c4cc5sc6ccccc6c5cc43)n2)cc1. The number of aromatic nitrogens is 3. The van der Waals surface area contributed by atoms with E-state index in [1.807, 2.05) is 23.5 Å². The van der Waals surface area contributed by atoms with Crippen LogP contribution < -0.4 is 0 Å². The summed E-state index contributed by atoms with van der Waals surface area (Å²) < 4.78 is 4.83. The average Bonchev–Trinajstić information content (AvgIpc) is 3.51. The van der Waals surface area contributed by atoms with Crippen LogP contribution >= 0.6 is 11.3 Å². The van der Waals surface area contributed by atoms with Gasteiger partial charge in [0.25, 0.3) is 0 Å². The third kappa shape index (κ3) is 3.28. The van der Waals surface area contributed by atoms with E-state index in [-0.39, 0.29) is 0 Å². The first-order valence-corrected chi connectivity index (χ1v) is 13.5. The van der Waals surface area contributed by atoms with Crippen molar-refractivity contribution >= 4 is 53.3 Å². The van der Waals surface area contributed by atoms with Crippen LogP contribution in [0.25, 0.3) is 70.4 Å². The van der Waals surface area contributed by atoms with Crippen LogP contribution in [0.1, 0.15) is 0 Å². The summed E-state index contributed by atoms with van der Waals surface area (Å²) in [5.74, 6) is 0.676. The topological polar surface area (TPSA) is 30.7 Å². The van der Waals surface area contributed by atoms with Gasteiger partial charge in [-0.05, 0) is 30.3 Å². The van der Waals surface area contributed by atoms with E-state index >= 15 is 0 Å². The molecule has 0 bridgehead atoms. The maximum Gasteiger partial charge on any atom is 0.235 e. The molecule has 3 heterocycles. The summed E-state index contributed by atoms with van der Waals surface area (Å²) in [7, 11) is 0. The Balaban J connectivity index is 1.49. The molecule has 8 aromatic rings. The molecule has 0 saturated carbocycles. The molecule has 0 spiro atoms. The number of fused-ring (bicyclic) bond motifs is 6. The molecule has 38 heavy (non-hydrogen) atoms. The van der Waals surface area contributed by atoms with E-state index in [0.717, 1.165) is 33.5 Å². The van der Waals surface area contributed by atoms with Gasteiger partial charge in [0.15, 0.2) is 0 Å². The maximum absolute atomic E-state index is 5.16. The Hall–Kier alpha value is -4.80. The number of thiophene rings is 1. The molecule has 0 N–H and O–H groups in total. The van der Waals surface area contributed by atoms with Gasteiger partial charge in [0.2, 0.25) is 5.95 Å². The van der Waals surface area contributed by atoms with Crippen LogP contribution in [-0.2, 0) is 0 Å². The number of hydrogen-bond acceptors (Lipinski definition) is 3. The van der Waals surface area contributed by atoms with Crippen LogP contribution in [-0.4, -0.2) is 14.5 Å². The summed E-state index contributed by atoms with van der Waals surface area (Å²) >= 11 is 1.85. The van der Waals surface area contributed by atoms with E-state index < -0.39 is 0 Å². The van der Waals surface area contributed by atoms with Gasteiger partial charge in [0.05, 0.1) is 22.4 Å². The van der Waals surface area contributed by atoms with E-state index in [9.17, 15) is 0 Å². The molecule has 0 aliphatic carbocycles. The number of para-hydroxylation sites is 1. The van der Waals surface area contributed by atoms with Crippen molar-refractivity contribution in [3.05, 3.63) is 127 Å². The van der Waals surface area contributed by atoms with Gasteiger partial charge in [0, 0.05) is 42.1 Å². The van der Waals surface area contributed by atoms with Gasteiger partial charge >= 0.3 is 0 Å². The molecule has 0 saturated heterocycles. The molecule has 0 radical (unpaired) electrons. The molecule has 4 heteroatoms. The predicted octanol–water partition coefficient (Wildman–Crippen LogP) is 9.28. The first-order valence-electron chi connectivity index (χ1n) is 12.7. The van der Waals surface area contributed by atoms with Gasteiger partial charge in [-0.2, -0.15) is 0 Å². The lowest BCUT2D eigenvalue weighted by atomic mass is 10.1. The smallest absolute Gasteiger partial charge is 0.235 e. The summed E-state index contributed by atoms with van der Waals surface area (Å²) in [6.07, 6.45) is 0. The highest BCUT2D eigenvalue weighted by atomic mass is 32.1. The lowest BCUT2D eigenvalue weighted by Gasteiger charge is -2.11. The van der Waals surface area contributed by atoms with Gasteiger partial charge in [-0.15, -0.1) is 11.3 Å². The maximum atomic E-state index is 5.16. The molecule has 0 fully saturated rings. The fourth-order valence-electron chi connectivity index (χ4n) is 5.45. The molecule has 0 amide bonds. The Morgan fingerprint density at radius 3 is 1.76 bits per heavy atom. The third-order valence-electron chi connectivity index (χ3n) is 7.22. The average molecular weight is 504 g/mol. The van der Waals surface area contributed by atoms with Crippen LogP contribution in [0.3, 0.4) is 0 Å². The Morgan fingerprint density at radius 2 is 1.05 bits per heavy atom. The van der Waals surface area contributed by atoms with Crippen LogP contribution in [0.4, 0.5) is 0 Å². The quantitative estimate of drug-likeness (QED) is 0.240. The van der Waals surface area contributed by atoms with Gasteiger partial charge in [0.1, 0.15) is 0 Å². The summed E-state index contributed by atoms with van der Waals surface area (Å²) in [6.45, 7) is 0. The Kier molecular flexibility index (Phi) is 4.69. The minimum absolute atomic E-state index is 0.676. The summed E-state index contributed by atoms with van der Waals surface area (Å²) in [5.41, 5.74) is 6.17. The van der Waals surface area contributed by atoms with Crippen molar-refractivity contribution in [3.63, 3.8) is 0 Å². The van der Waals surface area contributed by atoms with Crippen molar-refractivity contribution in [2.75, 3.05) is 0 Å². The van der Waals surface area contributed by atoms with Crippen LogP contribution in [0.15, 0.2) is 127 Å². The molecule has 8 rings (SSSR count). The number of benzene rings is 5. The number of rotatable bonds is 3. The minimum atomic E-state index is 0.676. The van der Waals surface area contributed by atoms with Crippen LogP contribution in [0.2, 0.25) is 0 Å². The first kappa shape index (κ1) is 21.3. The molecular formula is C34H21N3S. The van der Waals surface area contributed by atoms with Crippen LogP contribution in [0.5, 0.6) is 0 Å². The van der Waals surface area contributed by atoms with E-state index in [2.05, 4.69) is 120 Å². The minimum Gasteiger partial charge on any atom is -0.278 e. The van der Waals surface area contributed by atoms with Gasteiger partial charge < -0.3 is 0 Å². The van der Waals surface area contributed by atoms with Gasteiger partial charge in [-0.1, -0.05) is 97.1 Å². The van der Waals surface area contributed by atoms with Crippen LogP contribution in [0, 0.1) is 0 Å². The predicted molar refractivity (Wildman–Crippen MR) is 160 cm³/mol. The zero-order valence-corrected chi connectivity index (χ0v) is 21.2. The highest BCUT2D eigenvalue weighted by Gasteiger charge is 2.18. The van der Waals surface area contributed by atoms with Gasteiger partial charge in [-0.25, -0.2) is 9.97 Å². The standard InChI is InChI=1S/C34H21N3S/c1-3-11-22(12-4-1)28-21-29(23-13-5-2-6-14-23)36-34(35-28)37-30-17-9-7-15-24(30)26-20-33-27(19-31(26)37)25-16-8-10-18-32(25)38-33/h1-21H. The Bertz CT molecular complexity index is 2070. The lowest BCUT2D eigenvalue weighted by molar-refractivity contribution is 0.996. The molecular weight excluding hydrogens is 482 g/mol. The van der Waals surface area contributed by atoms with Crippen molar-refractivity contribution in [2.24, 2.45) is 0 Å². The second kappa shape index (κ2) is 8.37. The largest absolute Gasteiger partial charge is 0.278 e. The molecule has 3 aromatic heterocycles. The highest BCUT2D eigenvalue weighted by molar-refractivity contribution is 7.25. The summed E-state index contributed by atoms with van der Waals surface area (Å²) in [6, 6.07) is 44.7. The zero-order chi connectivity index (χ0) is 25.1. The van der Waals surface area contributed by atoms with E-state index in [0.29, 0.717) is 5.95 Å². The van der Waals surface area contributed by atoms with Crippen molar-refractivity contribution in [2.45, 2.75) is 0 Å². The molecule has 0 atom stereocenters. The fourth-order valence-corrected chi connectivity index (χ4v) is 6.58. The fraction of sp³-hybridized carbons (Fsp3) is 0. The van der Waals surface area contributed by atoms with Crippen molar-refractivity contribution < 1.29 is 0 Å². The van der Waals surface area contributed by atoms with E-state index in [1.54, 1.807) is 0 Å². The third-order valence-corrected chi connectivity index (χ3v) is 8.36. The monoisotopic (exact) mass is 503 g/mol. The zero-order valence-electron chi connectivity index (χ0n) is 20.4. The Labute approximate surface area is 223 Å². The van der Waals surface area contributed by atoms with E-state index in [4.69, 9.17) is 9.97 Å². The molecule has 3 nitrogen and oxygen atoms in total. The van der Waals surface area contributed by atoms with Crippen molar-refractivity contribution in [1.29, 1.82) is 0 Å². The molecule has 0 aliphatic heterocycles. The number of nitrogens with zero attached hydrogens (tertiary/aromatic N) is 3. The summed E-state index contributed by atoms with van der Waals surface area (Å²) in [5, 5.41) is 4.98. The second-order valence-corrected chi connectivity index (χ2v) is 10.6. The normalized spacial score (nSPS) is 11.7. The molecule has 5 aromatic carbocycles. The Morgan fingerprint density at radius 1 is 0.447 bits per heavy atom. The van der Waals surface area contributed by atoms with E-state index in [1.165, 1.54) is 30.9 Å². The highest BCUT2D eigenvalue weighted by Crippen LogP contribution is 2.40. The lowest BCUT2D eigenvalue weighted by Crippen LogP contribution is -2.03. The first-order chi connectivity index (χ1) is 18.8.